The van der Waals surface area contributed by atoms with Crippen LogP contribution in [0.4, 0.5) is 0 Å². The number of carbonyl (C=O) groups is 2. The molecule has 2 aromatic rings. The third kappa shape index (κ3) is 4.87. The molecule has 8 nitrogen and oxygen atoms in total. The number of hydrogen-bond acceptors (Lipinski definition) is 6. The van der Waals surface area contributed by atoms with E-state index in [4.69, 9.17) is 4.74 Å². The maximum atomic E-state index is 12.2. The predicted molar refractivity (Wildman–Crippen MR) is 95.3 cm³/mol. The molecule has 0 bridgehead atoms. The van der Waals surface area contributed by atoms with Crippen LogP contribution in [-0.4, -0.2) is 47.0 Å². The summed E-state index contributed by atoms with van der Waals surface area (Å²) in [6.07, 6.45) is 2.49. The van der Waals surface area contributed by atoms with E-state index >= 15 is 0 Å². The van der Waals surface area contributed by atoms with Crippen molar-refractivity contribution in [1.29, 1.82) is 0 Å². The molecule has 2 heterocycles. The van der Waals surface area contributed by atoms with Crippen LogP contribution in [0.5, 0.6) is 5.75 Å². The van der Waals surface area contributed by atoms with Crippen molar-refractivity contribution in [3.8, 4) is 5.75 Å². The number of aryl methyl sites for hydroxylation is 1. The van der Waals surface area contributed by atoms with Crippen LogP contribution in [0.2, 0.25) is 0 Å². The predicted octanol–water partition coefficient (Wildman–Crippen LogP) is 1.06. The van der Waals surface area contributed by atoms with E-state index < -0.39 is 11.3 Å². The minimum absolute atomic E-state index is 0.187. The first-order valence-corrected chi connectivity index (χ1v) is 7.82. The van der Waals surface area contributed by atoms with Crippen LogP contribution in [0.25, 0.3) is 6.08 Å². The van der Waals surface area contributed by atoms with Gasteiger partial charge in [0, 0.05) is 19.3 Å². The average Bonchev–Trinajstić information content (AvgIpc) is 2.59. The Bertz CT molecular complexity index is 902. The Morgan fingerprint density at radius 2 is 2.15 bits per heavy atom. The van der Waals surface area contributed by atoms with Crippen LogP contribution in [-0.2, 0) is 4.74 Å². The number of aromatic hydroxyl groups is 1. The number of ether oxygens (including phenoxy) is 1. The molecule has 0 aliphatic carbocycles. The molecule has 26 heavy (non-hydrogen) atoms. The Kier molecular flexibility index (Phi) is 6.40. The van der Waals surface area contributed by atoms with Gasteiger partial charge in [-0.25, -0.2) is 4.98 Å². The lowest BCUT2D eigenvalue weighted by Gasteiger charge is -2.04. The van der Waals surface area contributed by atoms with Gasteiger partial charge < -0.3 is 20.1 Å². The van der Waals surface area contributed by atoms with Crippen molar-refractivity contribution >= 4 is 17.8 Å². The summed E-state index contributed by atoms with van der Waals surface area (Å²) in [6, 6.07) is 6.07. The van der Waals surface area contributed by atoms with Gasteiger partial charge >= 0.3 is 0 Å². The number of aromatic amines is 1. The monoisotopic (exact) mass is 357 g/mol. The van der Waals surface area contributed by atoms with Crippen LogP contribution >= 0.6 is 0 Å². The van der Waals surface area contributed by atoms with Crippen molar-refractivity contribution in [2.75, 3.05) is 20.3 Å². The fourth-order valence-corrected chi connectivity index (χ4v) is 2.18. The van der Waals surface area contributed by atoms with Gasteiger partial charge in [-0.05, 0) is 37.3 Å². The van der Waals surface area contributed by atoms with Gasteiger partial charge in [-0.1, -0.05) is 6.07 Å². The summed E-state index contributed by atoms with van der Waals surface area (Å²) in [4.78, 5) is 42.6. The molecule has 0 spiro atoms. The van der Waals surface area contributed by atoms with E-state index in [1.54, 1.807) is 19.1 Å². The Labute approximate surface area is 149 Å². The lowest BCUT2D eigenvalue weighted by atomic mass is 10.1. The topological polar surface area (TPSA) is 121 Å². The largest absolute Gasteiger partial charge is 0.507 e. The highest BCUT2D eigenvalue weighted by Gasteiger charge is 2.14. The second-order valence-electron chi connectivity index (χ2n) is 5.44. The van der Waals surface area contributed by atoms with E-state index in [0.717, 1.165) is 6.08 Å². The van der Waals surface area contributed by atoms with Gasteiger partial charge in [-0.15, -0.1) is 0 Å². The first kappa shape index (κ1) is 19.1. The van der Waals surface area contributed by atoms with Crippen molar-refractivity contribution in [3.63, 3.8) is 0 Å². The Morgan fingerprint density at radius 1 is 1.38 bits per heavy atom. The number of nitrogens with one attached hydrogen (secondary N) is 2. The highest BCUT2D eigenvalue weighted by molar-refractivity contribution is 6.08. The van der Waals surface area contributed by atoms with Gasteiger partial charge in [-0.2, -0.15) is 0 Å². The molecule has 0 aromatic carbocycles. The van der Waals surface area contributed by atoms with Gasteiger partial charge in [0.15, 0.2) is 5.78 Å². The van der Waals surface area contributed by atoms with E-state index in [9.17, 15) is 19.5 Å². The summed E-state index contributed by atoms with van der Waals surface area (Å²) in [5, 5.41) is 12.4. The molecule has 0 unspecified atom stereocenters. The van der Waals surface area contributed by atoms with E-state index in [1.165, 1.54) is 25.3 Å². The Hall–Kier alpha value is -3.26. The second-order valence-corrected chi connectivity index (χ2v) is 5.44. The summed E-state index contributed by atoms with van der Waals surface area (Å²) in [6.45, 7) is 2.33. The normalized spacial score (nSPS) is 10.8. The van der Waals surface area contributed by atoms with Crippen LogP contribution in [0.1, 0.15) is 32.2 Å². The molecular formula is C18H19N3O5. The van der Waals surface area contributed by atoms with Gasteiger partial charge in [0.25, 0.3) is 11.5 Å². The zero-order chi connectivity index (χ0) is 19.1. The number of hydrogen-bond donors (Lipinski definition) is 3. The molecule has 3 N–H and O–H groups in total. The lowest BCUT2D eigenvalue weighted by Crippen LogP contribution is -2.27. The number of H-pyrrole nitrogens is 1. The fraction of sp³-hybridized carbons (Fsp3) is 0.222. The Balaban J connectivity index is 2.16. The third-order valence-electron chi connectivity index (χ3n) is 3.39. The first-order valence-electron chi connectivity index (χ1n) is 7.82. The molecule has 2 rings (SSSR count). The number of pyridine rings is 2. The van der Waals surface area contributed by atoms with E-state index in [2.05, 4.69) is 15.3 Å². The smallest absolute Gasteiger partial charge is 0.269 e. The van der Waals surface area contributed by atoms with Crippen molar-refractivity contribution in [2.24, 2.45) is 0 Å². The first-order chi connectivity index (χ1) is 12.4. The molecular weight excluding hydrogens is 338 g/mol. The second kappa shape index (κ2) is 8.72. The van der Waals surface area contributed by atoms with E-state index in [0.29, 0.717) is 24.5 Å². The molecule has 0 aliphatic rings. The van der Waals surface area contributed by atoms with E-state index in [1.807, 2.05) is 0 Å². The average molecular weight is 357 g/mol. The molecule has 0 radical (unpaired) electrons. The number of nitrogens with zero attached hydrogens (tertiary/aromatic N) is 1. The van der Waals surface area contributed by atoms with Crippen LogP contribution in [0.15, 0.2) is 35.1 Å². The quantitative estimate of drug-likeness (QED) is 0.387. The molecule has 0 fully saturated rings. The maximum Gasteiger partial charge on any atom is 0.269 e. The van der Waals surface area contributed by atoms with Crippen LogP contribution < -0.4 is 10.9 Å². The number of methoxy groups -OCH3 is 1. The minimum atomic E-state index is -0.670. The third-order valence-corrected chi connectivity index (χ3v) is 3.39. The summed E-state index contributed by atoms with van der Waals surface area (Å²) in [5.74, 6) is -1.42. The Morgan fingerprint density at radius 3 is 2.85 bits per heavy atom. The highest BCUT2D eigenvalue weighted by atomic mass is 16.5. The molecule has 2 aromatic heterocycles. The molecule has 0 saturated carbocycles. The number of amides is 1. The molecule has 0 aliphatic heterocycles. The fourth-order valence-electron chi connectivity index (χ4n) is 2.18. The molecule has 0 atom stereocenters. The standard InChI is InChI=1S/C18H19N3O5/c1-11-10-15(23)16(18(25)20-11)14(22)7-6-12-4-3-5-13(21-12)17(24)19-8-9-26-2/h3-7,10H,8-9H2,1-2H3,(H,19,24)(H2,20,23,25). The number of allylic oxidation sites excluding steroid dienone is 1. The maximum absolute atomic E-state index is 12.2. The van der Waals surface area contributed by atoms with Crippen molar-refractivity contribution in [2.45, 2.75) is 6.92 Å². The number of rotatable bonds is 7. The number of carbonyl (C=O) groups excluding carboxylic acids is 2. The molecule has 136 valence electrons. The van der Waals surface area contributed by atoms with Crippen LogP contribution in [0.3, 0.4) is 0 Å². The van der Waals surface area contributed by atoms with Crippen molar-refractivity contribution in [1.82, 2.24) is 15.3 Å². The van der Waals surface area contributed by atoms with Gasteiger partial charge in [0.05, 0.1) is 12.3 Å². The van der Waals surface area contributed by atoms with Crippen molar-refractivity contribution < 1.29 is 19.4 Å². The number of ketones is 1. The zero-order valence-electron chi connectivity index (χ0n) is 14.4. The molecule has 1 amide bonds. The SMILES string of the molecule is COCCNC(=O)c1cccc(C=CC(=O)c2c(O)cc(C)[nH]c2=O)n1. The molecule has 8 heteroatoms. The number of aromatic nitrogens is 2. The summed E-state index contributed by atoms with van der Waals surface area (Å²) < 4.78 is 4.85. The minimum Gasteiger partial charge on any atom is -0.507 e. The highest BCUT2D eigenvalue weighted by Crippen LogP contribution is 2.14. The summed E-state index contributed by atoms with van der Waals surface area (Å²) >= 11 is 0. The van der Waals surface area contributed by atoms with Crippen molar-refractivity contribution in [3.05, 3.63) is 63.3 Å². The zero-order valence-corrected chi connectivity index (χ0v) is 14.4. The summed E-state index contributed by atoms with van der Waals surface area (Å²) in [7, 11) is 1.53. The summed E-state index contributed by atoms with van der Waals surface area (Å²) in [5.41, 5.74) is -0.0221. The van der Waals surface area contributed by atoms with Crippen LogP contribution in [0, 0.1) is 6.92 Å². The van der Waals surface area contributed by atoms with Gasteiger partial charge in [-0.3, -0.25) is 14.4 Å². The van der Waals surface area contributed by atoms with E-state index in [-0.39, 0.29) is 22.9 Å². The molecule has 0 saturated heterocycles. The van der Waals surface area contributed by atoms with Gasteiger partial charge in [0.1, 0.15) is 17.0 Å². The van der Waals surface area contributed by atoms with Gasteiger partial charge in [0.2, 0.25) is 0 Å². The lowest BCUT2D eigenvalue weighted by molar-refractivity contribution is 0.0931.